The summed E-state index contributed by atoms with van der Waals surface area (Å²) in [5, 5.41) is 14.4. The first kappa shape index (κ1) is 25.6. The third-order valence-electron chi connectivity index (χ3n) is 6.94. The quantitative estimate of drug-likeness (QED) is 0.298. The molecule has 0 saturated heterocycles. The summed E-state index contributed by atoms with van der Waals surface area (Å²) in [5.41, 5.74) is 7.01. The van der Waals surface area contributed by atoms with E-state index in [1.165, 1.54) is 11.3 Å². The van der Waals surface area contributed by atoms with Crippen LogP contribution in [0.4, 0.5) is 0 Å². The maximum atomic E-state index is 13.2. The Kier molecular flexibility index (Phi) is 6.99. The van der Waals surface area contributed by atoms with Crippen molar-refractivity contribution in [2.45, 2.75) is 39.3 Å². The molecule has 2 atom stereocenters. The third-order valence-corrected chi connectivity index (χ3v) is 8.03. The molecule has 0 saturated carbocycles. The number of carbonyl (C=O) groups is 2. The Bertz CT molecular complexity index is 1540. The molecule has 1 aliphatic heterocycles. The number of nitrogens with zero attached hydrogens (tertiary/aromatic N) is 2. The Morgan fingerprint density at radius 1 is 1.08 bits per heavy atom. The third kappa shape index (κ3) is 5.17. The van der Waals surface area contributed by atoms with Gasteiger partial charge in [-0.2, -0.15) is 5.10 Å². The molecule has 8 heteroatoms. The van der Waals surface area contributed by atoms with E-state index < -0.39 is 5.54 Å². The lowest BCUT2D eigenvalue weighted by Crippen LogP contribution is -2.49. The minimum absolute atomic E-state index is 0.106. The maximum absolute atomic E-state index is 13.2. The van der Waals surface area contributed by atoms with E-state index >= 15 is 0 Å². The number of carbonyl (C=O) groups excluding carboxylic acids is 2. The molecule has 2 amide bonds. The summed E-state index contributed by atoms with van der Waals surface area (Å²) in [7, 11) is 0. The number of pyridine rings is 1. The van der Waals surface area contributed by atoms with E-state index in [0.717, 1.165) is 33.0 Å². The summed E-state index contributed by atoms with van der Waals surface area (Å²) in [6.07, 6.45) is 5.25. The smallest absolute Gasteiger partial charge is 0.262 e. The Hall–Kier alpha value is -4.04. The fourth-order valence-corrected chi connectivity index (χ4v) is 5.74. The van der Waals surface area contributed by atoms with Gasteiger partial charge in [-0.05, 0) is 77.1 Å². The van der Waals surface area contributed by atoms with Gasteiger partial charge in [-0.25, -0.2) is 0 Å². The van der Waals surface area contributed by atoms with Crippen LogP contribution in [0.2, 0.25) is 0 Å². The summed E-state index contributed by atoms with van der Waals surface area (Å²) in [5.74, 6) is -0.0471. The second-order valence-corrected chi connectivity index (χ2v) is 11.2. The molecule has 0 fully saturated rings. The molecule has 3 heterocycles. The highest BCUT2D eigenvalue weighted by Gasteiger charge is 2.29. The highest BCUT2D eigenvalue weighted by atomic mass is 32.1. The van der Waals surface area contributed by atoms with Crippen LogP contribution in [0.5, 0.6) is 0 Å². The van der Waals surface area contributed by atoms with Gasteiger partial charge in [0, 0.05) is 23.3 Å². The van der Waals surface area contributed by atoms with Crippen LogP contribution in [-0.4, -0.2) is 35.1 Å². The second-order valence-electron chi connectivity index (χ2n) is 10.3. The summed E-state index contributed by atoms with van der Waals surface area (Å²) in [4.78, 5) is 31.1. The summed E-state index contributed by atoms with van der Waals surface area (Å²) in [6, 6.07) is 15.6. The number of fused-ring (bicyclic) bond motifs is 1. The largest absolute Gasteiger partial charge is 0.345 e. The number of hydrogen-bond donors (Lipinski definition) is 3. The number of amides is 2. The molecule has 38 heavy (non-hydrogen) atoms. The van der Waals surface area contributed by atoms with Crippen LogP contribution in [0, 0.1) is 12.8 Å². The molecule has 194 valence electrons. The van der Waals surface area contributed by atoms with Gasteiger partial charge < -0.3 is 16.1 Å². The zero-order valence-corrected chi connectivity index (χ0v) is 22.7. The molecule has 2 unspecified atom stereocenters. The van der Waals surface area contributed by atoms with Crippen molar-refractivity contribution < 1.29 is 9.59 Å². The summed E-state index contributed by atoms with van der Waals surface area (Å²) >= 11 is 1.44. The predicted octanol–water partition coefficient (Wildman–Crippen LogP) is 5.48. The van der Waals surface area contributed by atoms with Crippen LogP contribution in [0.25, 0.3) is 21.9 Å². The molecule has 3 N–H and O–H groups in total. The van der Waals surface area contributed by atoms with Crippen LogP contribution in [0.1, 0.15) is 58.0 Å². The van der Waals surface area contributed by atoms with Crippen molar-refractivity contribution in [1.82, 2.24) is 21.0 Å². The molecule has 7 nitrogen and oxygen atoms in total. The van der Waals surface area contributed by atoms with Gasteiger partial charge in [0.25, 0.3) is 11.8 Å². The minimum atomic E-state index is -0.502. The van der Waals surface area contributed by atoms with Crippen molar-refractivity contribution in [3.8, 4) is 11.1 Å². The van der Waals surface area contributed by atoms with Crippen LogP contribution in [0.15, 0.2) is 71.4 Å². The topological polar surface area (TPSA) is 95.5 Å². The first-order valence-electron chi connectivity index (χ1n) is 12.7. The number of hydrazone groups is 1. The average molecular weight is 526 g/mol. The number of hydrogen-bond acceptors (Lipinski definition) is 6. The number of aromatic nitrogens is 1. The Balaban J connectivity index is 1.38. The molecule has 2 aromatic carbocycles. The Labute approximate surface area is 226 Å². The minimum Gasteiger partial charge on any atom is -0.345 e. The fraction of sp³-hybridized carbons (Fsp3) is 0.267. The van der Waals surface area contributed by atoms with Crippen LogP contribution in [0.3, 0.4) is 0 Å². The molecule has 2 aromatic heterocycles. The molecule has 1 aliphatic rings. The Morgan fingerprint density at radius 3 is 2.68 bits per heavy atom. The molecular weight excluding hydrogens is 494 g/mol. The van der Waals surface area contributed by atoms with Gasteiger partial charge in [0.1, 0.15) is 0 Å². The highest BCUT2D eigenvalue weighted by molar-refractivity contribution is 7.12. The van der Waals surface area contributed by atoms with E-state index in [9.17, 15) is 9.59 Å². The van der Waals surface area contributed by atoms with E-state index in [1.54, 1.807) is 18.6 Å². The van der Waals surface area contributed by atoms with E-state index in [0.29, 0.717) is 17.0 Å². The zero-order chi connectivity index (χ0) is 26.9. The van der Waals surface area contributed by atoms with Gasteiger partial charge in [-0.15, -0.1) is 11.3 Å². The first-order valence-corrected chi connectivity index (χ1v) is 13.5. The Morgan fingerprint density at radius 2 is 1.92 bits per heavy atom. The summed E-state index contributed by atoms with van der Waals surface area (Å²) in [6.45, 7) is 8.69. The molecule has 0 spiro atoms. The molecule has 0 radical (unpaired) electrons. The lowest BCUT2D eigenvalue weighted by Gasteiger charge is -2.24. The van der Waals surface area contributed by atoms with Crippen molar-refractivity contribution >= 4 is 40.1 Å². The molecule has 5 rings (SSSR count). The van der Waals surface area contributed by atoms with Gasteiger partial charge in [0.2, 0.25) is 0 Å². The SMILES string of the molecule is Cc1c(-c2cccc(C(NC(=O)c3ccc4cnccc4c3)C(C)C)c2)csc1C(=O)NC1(C)C=NNC1. The van der Waals surface area contributed by atoms with E-state index in [1.807, 2.05) is 61.7 Å². The van der Waals surface area contributed by atoms with Gasteiger partial charge in [0.15, 0.2) is 0 Å². The van der Waals surface area contributed by atoms with Gasteiger partial charge in [-0.1, -0.05) is 38.1 Å². The van der Waals surface area contributed by atoms with Gasteiger partial charge in [-0.3, -0.25) is 14.6 Å². The van der Waals surface area contributed by atoms with E-state index in [-0.39, 0.29) is 23.8 Å². The number of rotatable bonds is 7. The molecule has 0 bridgehead atoms. The molecule has 4 aromatic rings. The standard InChI is InChI=1S/C30H31N5O2S/c1-18(2)26(34-28(36)23-8-9-24-14-31-11-10-20(24)12-23)22-7-5-6-21(13-22)25-15-38-27(19(25)3)29(37)35-30(4)16-32-33-17-30/h5-16,18,26,33H,17H2,1-4H3,(H,34,36)(H,35,37). The lowest BCUT2D eigenvalue weighted by molar-refractivity contribution is 0.0920. The van der Waals surface area contributed by atoms with E-state index in [2.05, 4.69) is 46.1 Å². The first-order chi connectivity index (χ1) is 18.2. The summed E-state index contributed by atoms with van der Waals surface area (Å²) < 4.78 is 0. The predicted molar refractivity (Wildman–Crippen MR) is 154 cm³/mol. The van der Waals surface area contributed by atoms with Gasteiger partial charge >= 0.3 is 0 Å². The van der Waals surface area contributed by atoms with E-state index in [4.69, 9.17) is 0 Å². The normalized spacial score (nSPS) is 17.4. The number of thiophene rings is 1. The highest BCUT2D eigenvalue weighted by Crippen LogP contribution is 2.34. The molecule has 0 aliphatic carbocycles. The van der Waals surface area contributed by atoms with Crippen molar-refractivity contribution in [3.63, 3.8) is 0 Å². The number of nitrogens with one attached hydrogen (secondary N) is 3. The van der Waals surface area contributed by atoms with Crippen LogP contribution >= 0.6 is 11.3 Å². The maximum Gasteiger partial charge on any atom is 0.262 e. The van der Waals surface area contributed by atoms with Crippen molar-refractivity contribution in [3.05, 3.63) is 87.9 Å². The zero-order valence-electron chi connectivity index (χ0n) is 21.9. The number of benzene rings is 2. The molecular formula is C30H31N5O2S. The lowest BCUT2D eigenvalue weighted by atomic mass is 9.92. The van der Waals surface area contributed by atoms with Crippen LogP contribution in [-0.2, 0) is 0 Å². The average Bonchev–Trinajstić information content (AvgIpc) is 3.52. The fourth-order valence-electron chi connectivity index (χ4n) is 4.75. The second kappa shape index (κ2) is 10.4. The van der Waals surface area contributed by atoms with Crippen molar-refractivity contribution in [1.29, 1.82) is 0 Å². The van der Waals surface area contributed by atoms with Crippen molar-refractivity contribution in [2.24, 2.45) is 11.0 Å². The van der Waals surface area contributed by atoms with Gasteiger partial charge in [0.05, 0.1) is 29.2 Å². The van der Waals surface area contributed by atoms with Crippen LogP contribution < -0.4 is 16.1 Å². The monoisotopic (exact) mass is 525 g/mol. The van der Waals surface area contributed by atoms with Crippen molar-refractivity contribution in [2.75, 3.05) is 6.54 Å².